The maximum absolute atomic E-state index is 15.2. The highest BCUT2D eigenvalue weighted by atomic mass is 19.1. The molecule has 2 aliphatic rings. The summed E-state index contributed by atoms with van der Waals surface area (Å²) in [6, 6.07) is 1.71. The first-order chi connectivity index (χ1) is 19.7. The van der Waals surface area contributed by atoms with Crippen LogP contribution in [0, 0.1) is 24.1 Å². The van der Waals surface area contributed by atoms with Gasteiger partial charge in [-0.1, -0.05) is 33.1 Å². The van der Waals surface area contributed by atoms with Gasteiger partial charge in [-0.05, 0) is 87.6 Å². The van der Waals surface area contributed by atoms with Crippen molar-refractivity contribution in [2.24, 2.45) is 11.3 Å². The molecule has 0 bridgehead atoms. The number of nitrogens with zero attached hydrogens (tertiary/aromatic N) is 3. The van der Waals surface area contributed by atoms with Crippen molar-refractivity contribution in [1.29, 1.82) is 0 Å². The number of amides is 3. The molecule has 3 amide bonds. The second-order valence-corrected chi connectivity index (χ2v) is 12.0. The topological polar surface area (TPSA) is 90.0 Å². The van der Waals surface area contributed by atoms with Crippen molar-refractivity contribution in [3.63, 3.8) is 0 Å². The first kappa shape index (κ1) is 32.7. The lowest BCUT2D eigenvalue weighted by Gasteiger charge is -2.43. The Morgan fingerprint density at radius 2 is 1.83 bits per heavy atom. The summed E-state index contributed by atoms with van der Waals surface area (Å²) in [6.07, 6.45) is 10.6. The molecule has 8 nitrogen and oxygen atoms in total. The number of halogens is 1. The Balaban J connectivity index is 1.65. The van der Waals surface area contributed by atoms with E-state index in [4.69, 9.17) is 0 Å². The van der Waals surface area contributed by atoms with E-state index in [1.807, 2.05) is 4.90 Å². The molecule has 2 heterocycles. The number of imide groups is 1. The van der Waals surface area contributed by atoms with Crippen LogP contribution in [0.15, 0.2) is 12.1 Å². The van der Waals surface area contributed by atoms with Crippen LogP contribution in [0.2, 0.25) is 0 Å². The van der Waals surface area contributed by atoms with Crippen molar-refractivity contribution in [3.8, 4) is 0 Å². The van der Waals surface area contributed by atoms with E-state index in [-0.39, 0.29) is 18.4 Å². The number of hydrogen-bond acceptors (Lipinski definition) is 6. The predicted molar refractivity (Wildman–Crippen MR) is 159 cm³/mol. The first-order valence-corrected chi connectivity index (χ1v) is 15.4. The Labute approximate surface area is 245 Å². The Bertz CT molecular complexity index is 1050. The zero-order valence-electron chi connectivity index (χ0n) is 25.4. The van der Waals surface area contributed by atoms with Gasteiger partial charge < -0.3 is 19.9 Å². The number of rotatable bonds is 14. The van der Waals surface area contributed by atoms with Crippen molar-refractivity contribution < 1.29 is 23.6 Å². The molecule has 0 radical (unpaired) electrons. The first-order valence-electron chi connectivity index (χ1n) is 15.4. The maximum atomic E-state index is 15.2. The molecule has 1 unspecified atom stereocenters. The molecular weight excluding hydrogens is 523 g/mol. The zero-order valence-corrected chi connectivity index (χ0v) is 25.4. The summed E-state index contributed by atoms with van der Waals surface area (Å²) in [5.74, 6) is -1.06. The summed E-state index contributed by atoms with van der Waals surface area (Å²) in [6.45, 7) is 11.0. The number of carbonyl (C=O) groups excluding carboxylic acids is 4. The largest absolute Gasteiger partial charge is 0.369 e. The third kappa shape index (κ3) is 8.15. The number of hydrogen-bond donors (Lipinski definition) is 1. The summed E-state index contributed by atoms with van der Waals surface area (Å²) in [7, 11) is 1.41. The number of benzene rings is 1. The van der Waals surface area contributed by atoms with E-state index >= 15 is 4.39 Å². The van der Waals surface area contributed by atoms with Crippen LogP contribution < -0.4 is 10.2 Å². The molecule has 9 heteroatoms. The van der Waals surface area contributed by atoms with Crippen molar-refractivity contribution in [3.05, 3.63) is 29.1 Å². The number of carbonyl (C=O) groups is 4. The van der Waals surface area contributed by atoms with Gasteiger partial charge in [0.05, 0.1) is 5.69 Å². The van der Waals surface area contributed by atoms with Crippen LogP contribution in [0.1, 0.15) is 94.0 Å². The molecule has 3 rings (SSSR count). The number of anilines is 1. The van der Waals surface area contributed by atoms with Crippen molar-refractivity contribution >= 4 is 30.2 Å². The minimum atomic E-state index is -1.12. The van der Waals surface area contributed by atoms with Crippen LogP contribution in [-0.4, -0.2) is 80.1 Å². The van der Waals surface area contributed by atoms with E-state index < -0.39 is 23.7 Å². The third-order valence-electron chi connectivity index (χ3n) is 9.51. The van der Waals surface area contributed by atoms with E-state index in [2.05, 4.69) is 24.1 Å². The molecule has 0 aromatic heterocycles. The fourth-order valence-corrected chi connectivity index (χ4v) is 6.59. The Hall–Kier alpha value is -2.81. The highest BCUT2D eigenvalue weighted by molar-refractivity contribution is 6.04. The summed E-state index contributed by atoms with van der Waals surface area (Å²) >= 11 is 0. The molecule has 1 atom stereocenters. The molecule has 1 N–H and O–H groups in total. The highest BCUT2D eigenvalue weighted by Crippen LogP contribution is 2.40. The predicted octanol–water partition coefficient (Wildman–Crippen LogP) is 4.73. The van der Waals surface area contributed by atoms with Crippen LogP contribution in [0.5, 0.6) is 0 Å². The zero-order chi connectivity index (χ0) is 30.0. The van der Waals surface area contributed by atoms with Gasteiger partial charge in [0.25, 0.3) is 5.91 Å². The number of likely N-dealkylation sites (tertiary alicyclic amines) is 1. The molecule has 41 heavy (non-hydrogen) atoms. The molecule has 2 saturated heterocycles. The number of unbranched alkanes of at least 4 members (excludes halogenated alkanes) is 1. The molecule has 0 spiro atoms. The number of aryl methyl sites for hydroxylation is 1. The van der Waals surface area contributed by atoms with Crippen LogP contribution in [0.4, 0.5) is 10.1 Å². The van der Waals surface area contributed by atoms with Crippen LogP contribution >= 0.6 is 0 Å². The van der Waals surface area contributed by atoms with Gasteiger partial charge in [0.2, 0.25) is 12.3 Å². The lowest BCUT2D eigenvalue weighted by atomic mass is 9.72. The van der Waals surface area contributed by atoms with E-state index in [1.54, 1.807) is 6.92 Å². The summed E-state index contributed by atoms with van der Waals surface area (Å²) in [4.78, 5) is 54.2. The van der Waals surface area contributed by atoms with Gasteiger partial charge in [-0.2, -0.15) is 0 Å². The van der Waals surface area contributed by atoms with Gasteiger partial charge in [-0.25, -0.2) is 4.39 Å². The Kier molecular flexibility index (Phi) is 12.3. The van der Waals surface area contributed by atoms with E-state index in [1.165, 1.54) is 57.7 Å². The number of nitrogens with one attached hydrogen (secondary N) is 1. The number of piperidine rings is 2. The molecule has 0 saturated carbocycles. The highest BCUT2D eigenvalue weighted by Gasteiger charge is 2.34. The summed E-state index contributed by atoms with van der Waals surface area (Å²) in [5, 5.41) is 2.45. The molecular formula is C32H49FN4O4. The molecule has 1 aromatic carbocycles. The summed E-state index contributed by atoms with van der Waals surface area (Å²) < 4.78 is 15.2. The average molecular weight is 573 g/mol. The SMILES string of the molecule is CCCCC1(CC)CCN(CC2CCN(c3cc(C(=O)N(C=O)C(CCC=O)C(=O)NC)c(C)cc3F)CC2)CC1. The molecule has 2 fully saturated rings. The van der Waals surface area contributed by atoms with Crippen LogP contribution in [-0.2, 0) is 14.4 Å². The second kappa shape index (κ2) is 15.4. The molecule has 1 aromatic rings. The quantitative estimate of drug-likeness (QED) is 0.325. The average Bonchev–Trinajstić information content (AvgIpc) is 2.99. The van der Waals surface area contributed by atoms with Gasteiger partial charge in [-0.15, -0.1) is 0 Å². The minimum Gasteiger partial charge on any atom is -0.369 e. The smallest absolute Gasteiger partial charge is 0.261 e. The molecule has 0 aliphatic carbocycles. The maximum Gasteiger partial charge on any atom is 0.261 e. The molecule has 2 aliphatic heterocycles. The van der Waals surface area contributed by atoms with E-state index in [0.29, 0.717) is 48.4 Å². The summed E-state index contributed by atoms with van der Waals surface area (Å²) in [5.41, 5.74) is 1.42. The van der Waals surface area contributed by atoms with Gasteiger partial charge >= 0.3 is 0 Å². The Morgan fingerprint density at radius 1 is 1.15 bits per heavy atom. The third-order valence-corrected chi connectivity index (χ3v) is 9.51. The van der Waals surface area contributed by atoms with Crippen LogP contribution in [0.3, 0.4) is 0 Å². The normalized spacial score (nSPS) is 18.5. The van der Waals surface area contributed by atoms with Gasteiger partial charge in [0, 0.05) is 38.7 Å². The van der Waals surface area contributed by atoms with Gasteiger partial charge in [-0.3, -0.25) is 19.3 Å². The van der Waals surface area contributed by atoms with E-state index in [9.17, 15) is 19.2 Å². The van der Waals surface area contributed by atoms with Crippen LogP contribution in [0.25, 0.3) is 0 Å². The van der Waals surface area contributed by atoms with E-state index in [0.717, 1.165) is 37.4 Å². The monoisotopic (exact) mass is 572 g/mol. The lowest BCUT2D eigenvalue weighted by Crippen LogP contribution is -2.48. The molecule has 228 valence electrons. The van der Waals surface area contributed by atoms with Crippen molar-refractivity contribution in [2.75, 3.05) is 44.7 Å². The van der Waals surface area contributed by atoms with Crippen molar-refractivity contribution in [1.82, 2.24) is 15.1 Å². The van der Waals surface area contributed by atoms with Gasteiger partial charge in [0.1, 0.15) is 18.1 Å². The van der Waals surface area contributed by atoms with Crippen molar-refractivity contribution in [2.45, 2.75) is 91.0 Å². The number of likely N-dealkylation sites (N-methyl/N-ethyl adjacent to an activating group) is 1. The Morgan fingerprint density at radius 3 is 2.39 bits per heavy atom. The lowest BCUT2D eigenvalue weighted by molar-refractivity contribution is -0.131. The van der Waals surface area contributed by atoms with Gasteiger partial charge in [0.15, 0.2) is 0 Å². The standard InChI is InChI=1S/C32H49FN4O4/c1-5-7-12-32(6-2)13-17-35(18-14-32)22-25-10-15-36(16-11-25)29-21-26(24(3)20-27(29)33)31(41)37(23-39)28(9-8-19-38)30(40)34-4/h19-21,23,25,28H,5-18,22H2,1-4H3,(H,34,40). The second-order valence-electron chi connectivity index (χ2n) is 12.0. The fraction of sp³-hybridized carbons (Fsp3) is 0.688. The number of aldehydes is 1. The minimum absolute atomic E-state index is 0.0173. The fourth-order valence-electron chi connectivity index (χ4n) is 6.59.